The van der Waals surface area contributed by atoms with Crippen molar-refractivity contribution in [3.8, 4) is 5.75 Å². The first-order chi connectivity index (χ1) is 29.2. The van der Waals surface area contributed by atoms with Crippen molar-refractivity contribution in [2.45, 2.75) is 137 Å². The molecule has 0 radical (unpaired) electrons. The van der Waals surface area contributed by atoms with Crippen molar-refractivity contribution in [3.63, 3.8) is 0 Å². The highest BCUT2D eigenvalue weighted by atomic mass is 16.5. The lowest BCUT2D eigenvalue weighted by Gasteiger charge is -2.41. The van der Waals surface area contributed by atoms with E-state index in [1.54, 1.807) is 50.4 Å². The minimum Gasteiger partial charge on any atom is -0.508 e. The summed E-state index contributed by atoms with van der Waals surface area (Å²) in [6.45, 7) is 16.7. The molecule has 1 unspecified atom stereocenters. The fourth-order valence-electron chi connectivity index (χ4n) is 9.45. The summed E-state index contributed by atoms with van der Waals surface area (Å²) in [5, 5.41) is 12.9. The molecule has 62 heavy (non-hydrogen) atoms. The number of amides is 3. The van der Waals surface area contributed by atoms with Gasteiger partial charge in [-0.1, -0.05) is 96.8 Å². The van der Waals surface area contributed by atoms with Gasteiger partial charge in [0, 0.05) is 65.0 Å². The summed E-state index contributed by atoms with van der Waals surface area (Å²) in [5.41, 5.74) is 2.89. The minimum absolute atomic E-state index is 0.0160. The van der Waals surface area contributed by atoms with Crippen molar-refractivity contribution in [2.24, 2.45) is 35.5 Å². The molecule has 2 N–H and O–H groups in total. The SMILES string of the molecule is CC[C@H](C)[C@@H]([C@@H](CC(=O)N1CCC[C@H]1[C@H](OC)[C@@H](C)C(=O)CC(Cc1ccc(O)cc1)C(=O)NCc1ccc(C)cc1)OC)N(C)C(=O)[C@@H](CC(=O)[C@H](C(C)C)N(C)C)C(C)C. The summed E-state index contributed by atoms with van der Waals surface area (Å²) in [6, 6.07) is 13.5. The highest BCUT2D eigenvalue weighted by molar-refractivity contribution is 5.90. The number of benzene rings is 2. The number of ketones is 2. The Bertz CT molecular complexity index is 1740. The Morgan fingerprint density at radius 3 is 1.97 bits per heavy atom. The first-order valence-corrected chi connectivity index (χ1v) is 22.7. The quantitative estimate of drug-likeness (QED) is 0.109. The Hall–Kier alpha value is -4.13. The van der Waals surface area contributed by atoms with Crippen LogP contribution in [0.3, 0.4) is 0 Å². The van der Waals surface area contributed by atoms with E-state index in [1.165, 1.54) is 0 Å². The van der Waals surface area contributed by atoms with Gasteiger partial charge in [0.1, 0.15) is 11.5 Å². The van der Waals surface area contributed by atoms with Crippen molar-refractivity contribution in [2.75, 3.05) is 41.9 Å². The van der Waals surface area contributed by atoms with Gasteiger partial charge >= 0.3 is 0 Å². The number of aromatic hydroxyl groups is 1. The predicted molar refractivity (Wildman–Crippen MR) is 244 cm³/mol. The van der Waals surface area contributed by atoms with E-state index in [9.17, 15) is 29.1 Å². The van der Waals surface area contributed by atoms with E-state index in [2.05, 4.69) is 19.2 Å². The summed E-state index contributed by atoms with van der Waals surface area (Å²) in [4.78, 5) is 75.8. The Labute approximate surface area is 372 Å². The maximum atomic E-state index is 14.4. The van der Waals surface area contributed by atoms with E-state index in [4.69, 9.17) is 9.47 Å². The lowest BCUT2D eigenvalue weighted by Crippen LogP contribution is -2.54. The number of nitrogens with zero attached hydrogens (tertiary/aromatic N) is 3. The molecule has 12 heteroatoms. The summed E-state index contributed by atoms with van der Waals surface area (Å²) in [6.07, 6.45) is 1.32. The van der Waals surface area contributed by atoms with Gasteiger partial charge in [0.25, 0.3) is 0 Å². The van der Waals surface area contributed by atoms with Crippen LogP contribution in [0.1, 0.15) is 104 Å². The fourth-order valence-corrected chi connectivity index (χ4v) is 9.45. The monoisotopic (exact) mass is 863 g/mol. The molecule has 1 aliphatic rings. The van der Waals surface area contributed by atoms with Crippen LogP contribution in [0.25, 0.3) is 0 Å². The van der Waals surface area contributed by atoms with Gasteiger partial charge in [0.15, 0.2) is 5.78 Å². The second kappa shape index (κ2) is 24.6. The van der Waals surface area contributed by atoms with E-state index in [0.29, 0.717) is 25.9 Å². The average Bonchev–Trinajstić information content (AvgIpc) is 3.71. The van der Waals surface area contributed by atoms with Gasteiger partial charge in [0.2, 0.25) is 17.7 Å². The molecular weight excluding hydrogens is 785 g/mol. The second-order valence-electron chi connectivity index (χ2n) is 18.7. The van der Waals surface area contributed by atoms with Gasteiger partial charge in [-0.05, 0) is 81.3 Å². The average molecular weight is 863 g/mol. The third kappa shape index (κ3) is 14.2. The van der Waals surface area contributed by atoms with Crippen molar-refractivity contribution in [1.29, 1.82) is 0 Å². The van der Waals surface area contributed by atoms with Crippen LogP contribution in [0.5, 0.6) is 5.75 Å². The number of hydrogen-bond acceptors (Lipinski definition) is 9. The zero-order chi connectivity index (χ0) is 46.4. The van der Waals surface area contributed by atoms with Gasteiger partial charge in [-0.2, -0.15) is 0 Å². The van der Waals surface area contributed by atoms with Crippen molar-refractivity contribution < 1.29 is 38.6 Å². The molecule has 3 amide bonds. The number of phenols is 1. The van der Waals surface area contributed by atoms with Gasteiger partial charge in [0.05, 0.1) is 36.8 Å². The third-order valence-electron chi connectivity index (χ3n) is 13.2. The van der Waals surface area contributed by atoms with Crippen LogP contribution in [-0.4, -0.2) is 121 Å². The molecule has 1 heterocycles. The molecule has 0 spiro atoms. The first-order valence-electron chi connectivity index (χ1n) is 22.7. The number of nitrogens with one attached hydrogen (secondary N) is 1. The van der Waals surface area contributed by atoms with E-state index < -0.39 is 36.0 Å². The van der Waals surface area contributed by atoms with E-state index >= 15 is 0 Å². The largest absolute Gasteiger partial charge is 0.508 e. The zero-order valence-corrected chi connectivity index (χ0v) is 40.0. The van der Waals surface area contributed by atoms with Gasteiger partial charge < -0.3 is 29.7 Å². The minimum atomic E-state index is -0.670. The predicted octanol–water partition coefficient (Wildman–Crippen LogP) is 6.87. The summed E-state index contributed by atoms with van der Waals surface area (Å²) in [5.74, 6) is -2.32. The number of phenolic OH excluding ortho intramolecular Hbond substituents is 1. The topological polar surface area (TPSA) is 146 Å². The summed E-state index contributed by atoms with van der Waals surface area (Å²) < 4.78 is 12.1. The number of rotatable bonds is 25. The van der Waals surface area contributed by atoms with Crippen LogP contribution in [0, 0.1) is 42.4 Å². The van der Waals surface area contributed by atoms with Gasteiger partial charge in [-0.3, -0.25) is 28.9 Å². The normalized spacial score (nSPS) is 18.2. The Balaban J connectivity index is 1.80. The summed E-state index contributed by atoms with van der Waals surface area (Å²) >= 11 is 0. The number of carbonyl (C=O) groups excluding carboxylic acids is 5. The molecule has 12 nitrogen and oxygen atoms in total. The highest BCUT2D eigenvalue weighted by Gasteiger charge is 2.43. The van der Waals surface area contributed by atoms with Crippen LogP contribution in [-0.2, 0) is 46.4 Å². The van der Waals surface area contributed by atoms with Crippen LogP contribution >= 0.6 is 0 Å². The maximum absolute atomic E-state index is 14.4. The van der Waals surface area contributed by atoms with Gasteiger partial charge in [-0.15, -0.1) is 0 Å². The Morgan fingerprint density at radius 2 is 1.44 bits per heavy atom. The molecule has 9 atom stereocenters. The van der Waals surface area contributed by atoms with E-state index in [-0.39, 0.29) is 84.1 Å². The van der Waals surface area contributed by atoms with E-state index in [1.807, 2.05) is 89.7 Å². The number of likely N-dealkylation sites (tertiary alicyclic amines) is 1. The molecule has 2 aromatic carbocycles. The molecule has 2 aromatic rings. The number of hydrogen-bond donors (Lipinski definition) is 2. The molecule has 0 aromatic heterocycles. The number of ether oxygens (including phenoxy) is 2. The maximum Gasteiger partial charge on any atom is 0.226 e. The Kier molecular flexibility index (Phi) is 20.8. The number of methoxy groups -OCH3 is 2. The molecule has 0 aliphatic carbocycles. The molecule has 346 valence electrons. The fraction of sp³-hybridized carbons (Fsp3) is 0.660. The first kappa shape index (κ1) is 52.2. The lowest BCUT2D eigenvalue weighted by atomic mass is 9.83. The van der Waals surface area contributed by atoms with Crippen LogP contribution < -0.4 is 5.32 Å². The van der Waals surface area contributed by atoms with Gasteiger partial charge in [-0.25, -0.2) is 0 Å². The molecule has 1 saturated heterocycles. The molecule has 1 fully saturated rings. The Morgan fingerprint density at radius 1 is 0.823 bits per heavy atom. The summed E-state index contributed by atoms with van der Waals surface area (Å²) in [7, 11) is 8.69. The molecular formula is C50H78N4O8. The molecule has 0 bridgehead atoms. The van der Waals surface area contributed by atoms with Crippen LogP contribution in [0.15, 0.2) is 48.5 Å². The number of Topliss-reactive ketones (excluding diaryl/α,β-unsaturated/α-hetero) is 2. The third-order valence-corrected chi connectivity index (χ3v) is 13.2. The molecule has 0 saturated carbocycles. The van der Waals surface area contributed by atoms with Crippen molar-refractivity contribution in [1.82, 2.24) is 20.0 Å². The van der Waals surface area contributed by atoms with Crippen molar-refractivity contribution >= 4 is 29.3 Å². The number of carbonyl (C=O) groups is 5. The lowest BCUT2D eigenvalue weighted by molar-refractivity contribution is -0.149. The standard InChI is InChI=1S/C50H78N4O8/c1-14-34(7)47(53(11)50(60)40(31(2)3)28-43(57)46(32(4)5)52(9)10)44(61-12)29-45(58)54-25-15-16-41(54)48(62-13)35(8)42(56)27-38(26-36-21-23-39(55)24-22-36)49(59)51-30-37-19-17-33(6)18-20-37/h17-24,31-32,34-35,38,40-41,44,46-48,55H,14-16,25-30H2,1-13H3,(H,51,59)/t34-,35-,38?,40-,41-,44+,46-,47-,48+/m0/s1. The highest BCUT2D eigenvalue weighted by Crippen LogP contribution is 2.32. The van der Waals surface area contributed by atoms with Crippen LogP contribution in [0.4, 0.5) is 0 Å². The zero-order valence-electron chi connectivity index (χ0n) is 40.0. The second-order valence-corrected chi connectivity index (χ2v) is 18.7. The molecule has 3 rings (SSSR count). The van der Waals surface area contributed by atoms with Crippen LogP contribution in [0.2, 0.25) is 0 Å². The number of aryl methyl sites for hydroxylation is 1. The van der Waals surface area contributed by atoms with E-state index in [0.717, 1.165) is 29.5 Å². The number of likely N-dealkylation sites (N-methyl/N-ethyl adjacent to an activating group) is 2. The molecule has 1 aliphatic heterocycles. The van der Waals surface area contributed by atoms with Crippen molar-refractivity contribution in [3.05, 3.63) is 65.2 Å². The smallest absolute Gasteiger partial charge is 0.226 e.